The van der Waals surface area contributed by atoms with Crippen LogP contribution in [0.3, 0.4) is 0 Å². The minimum atomic E-state index is -0.00993. The van der Waals surface area contributed by atoms with Crippen LogP contribution in [0, 0.1) is 12.8 Å². The van der Waals surface area contributed by atoms with Crippen molar-refractivity contribution in [1.82, 2.24) is 14.9 Å². The first kappa shape index (κ1) is 16.8. The molecule has 1 saturated heterocycles. The summed E-state index contributed by atoms with van der Waals surface area (Å²) in [5.41, 5.74) is 2.76. The molecule has 0 spiro atoms. The van der Waals surface area contributed by atoms with Crippen molar-refractivity contribution in [3.63, 3.8) is 0 Å². The Morgan fingerprint density at radius 3 is 2.96 bits per heavy atom. The molecule has 1 aliphatic rings. The Labute approximate surface area is 153 Å². The first-order valence-electron chi connectivity index (χ1n) is 9.24. The molecule has 26 heavy (non-hydrogen) atoms. The number of benzene rings is 1. The molecule has 1 aromatic carbocycles. The SMILES string of the molecule is Cc1ocnc1C(=O)N1CCC[C@@H](Cc2cnc3ccccc3c2)CC1. The van der Waals surface area contributed by atoms with Crippen molar-refractivity contribution < 1.29 is 9.21 Å². The average Bonchev–Trinajstić information content (AvgIpc) is 2.95. The van der Waals surface area contributed by atoms with Gasteiger partial charge in [-0.25, -0.2) is 4.98 Å². The second-order valence-corrected chi connectivity index (χ2v) is 7.09. The van der Waals surface area contributed by atoms with E-state index >= 15 is 0 Å². The van der Waals surface area contributed by atoms with E-state index in [1.54, 1.807) is 6.92 Å². The van der Waals surface area contributed by atoms with Gasteiger partial charge in [-0.3, -0.25) is 9.78 Å². The van der Waals surface area contributed by atoms with Gasteiger partial charge >= 0.3 is 0 Å². The number of carbonyl (C=O) groups is 1. The highest BCUT2D eigenvalue weighted by atomic mass is 16.3. The molecule has 0 radical (unpaired) electrons. The number of pyridine rings is 1. The second-order valence-electron chi connectivity index (χ2n) is 7.09. The number of fused-ring (bicyclic) bond motifs is 1. The van der Waals surface area contributed by atoms with Gasteiger partial charge in [-0.05, 0) is 56.2 Å². The number of oxazole rings is 1. The first-order valence-corrected chi connectivity index (χ1v) is 9.24. The average molecular weight is 349 g/mol. The molecular formula is C21H23N3O2. The van der Waals surface area contributed by atoms with E-state index in [0.717, 1.165) is 44.3 Å². The fourth-order valence-electron chi connectivity index (χ4n) is 3.79. The van der Waals surface area contributed by atoms with Crippen LogP contribution < -0.4 is 0 Å². The van der Waals surface area contributed by atoms with Gasteiger partial charge in [0.15, 0.2) is 12.1 Å². The van der Waals surface area contributed by atoms with Gasteiger partial charge in [0.05, 0.1) is 5.52 Å². The summed E-state index contributed by atoms with van der Waals surface area (Å²) < 4.78 is 5.18. The van der Waals surface area contributed by atoms with Gasteiger partial charge in [-0.15, -0.1) is 0 Å². The van der Waals surface area contributed by atoms with E-state index in [-0.39, 0.29) is 5.91 Å². The number of aromatic nitrogens is 2. The summed E-state index contributed by atoms with van der Waals surface area (Å²) in [5.74, 6) is 1.16. The minimum Gasteiger partial charge on any atom is -0.448 e. The van der Waals surface area contributed by atoms with E-state index < -0.39 is 0 Å². The van der Waals surface area contributed by atoms with Crippen molar-refractivity contribution in [3.8, 4) is 0 Å². The molecule has 2 aromatic heterocycles. The quantitative estimate of drug-likeness (QED) is 0.717. The van der Waals surface area contributed by atoms with Crippen LogP contribution in [-0.4, -0.2) is 33.9 Å². The van der Waals surface area contributed by atoms with Crippen LogP contribution in [-0.2, 0) is 6.42 Å². The van der Waals surface area contributed by atoms with Gasteiger partial charge in [-0.2, -0.15) is 0 Å². The summed E-state index contributed by atoms with van der Waals surface area (Å²) in [7, 11) is 0. The number of aryl methyl sites for hydroxylation is 1. The number of hydrogen-bond donors (Lipinski definition) is 0. The van der Waals surface area contributed by atoms with E-state index in [1.165, 1.54) is 17.3 Å². The Bertz CT molecular complexity index is 918. The molecule has 0 unspecified atom stereocenters. The Balaban J connectivity index is 1.41. The van der Waals surface area contributed by atoms with E-state index in [4.69, 9.17) is 4.42 Å². The van der Waals surface area contributed by atoms with Gasteiger partial charge < -0.3 is 9.32 Å². The molecule has 0 bridgehead atoms. The number of likely N-dealkylation sites (tertiary alicyclic amines) is 1. The van der Waals surface area contributed by atoms with Crippen LogP contribution in [0.1, 0.15) is 41.1 Å². The normalized spacial score (nSPS) is 18.0. The third-order valence-electron chi connectivity index (χ3n) is 5.25. The molecular weight excluding hydrogens is 326 g/mol. The summed E-state index contributed by atoms with van der Waals surface area (Å²) in [6.07, 6.45) is 7.52. The molecule has 5 heteroatoms. The van der Waals surface area contributed by atoms with Crippen LogP contribution in [0.4, 0.5) is 0 Å². The predicted molar refractivity (Wildman–Crippen MR) is 99.9 cm³/mol. The molecule has 1 fully saturated rings. The summed E-state index contributed by atoms with van der Waals surface area (Å²) in [5, 5.41) is 1.19. The topological polar surface area (TPSA) is 59.2 Å². The van der Waals surface area contributed by atoms with E-state index in [2.05, 4.69) is 28.2 Å². The van der Waals surface area contributed by atoms with Crippen LogP contribution >= 0.6 is 0 Å². The highest BCUT2D eigenvalue weighted by Crippen LogP contribution is 2.24. The maximum absolute atomic E-state index is 12.6. The third kappa shape index (κ3) is 3.47. The molecule has 0 saturated carbocycles. The lowest BCUT2D eigenvalue weighted by molar-refractivity contribution is 0.0753. The van der Waals surface area contributed by atoms with Crippen LogP contribution in [0.25, 0.3) is 10.9 Å². The number of amides is 1. The second kappa shape index (κ2) is 7.28. The molecule has 0 aliphatic carbocycles. The first-order chi connectivity index (χ1) is 12.7. The lowest BCUT2D eigenvalue weighted by atomic mass is 9.93. The molecule has 1 aliphatic heterocycles. The standard InChI is InChI=1S/C21H23N3O2/c1-15-20(23-14-26-15)21(25)24-9-4-5-16(8-10-24)11-17-12-18-6-2-3-7-19(18)22-13-17/h2-3,6-7,12-14,16H,4-5,8-11H2,1H3/t16-/m1/s1. The van der Waals surface area contributed by atoms with E-state index in [9.17, 15) is 4.79 Å². The van der Waals surface area contributed by atoms with Gasteiger partial charge in [0, 0.05) is 24.7 Å². The zero-order valence-corrected chi connectivity index (χ0v) is 15.0. The fraction of sp³-hybridized carbons (Fsp3) is 0.381. The van der Waals surface area contributed by atoms with E-state index in [0.29, 0.717) is 17.4 Å². The molecule has 3 heterocycles. The third-order valence-corrected chi connectivity index (χ3v) is 5.25. The summed E-state index contributed by atoms with van der Waals surface area (Å²) >= 11 is 0. The lowest BCUT2D eigenvalue weighted by Crippen LogP contribution is -2.32. The maximum atomic E-state index is 12.6. The van der Waals surface area contributed by atoms with Crippen molar-refractivity contribution in [2.24, 2.45) is 5.92 Å². The number of rotatable bonds is 3. The number of carbonyl (C=O) groups excluding carboxylic acids is 1. The molecule has 3 aromatic rings. The Morgan fingerprint density at radius 1 is 1.23 bits per heavy atom. The van der Waals surface area contributed by atoms with Gasteiger partial charge in [-0.1, -0.05) is 18.2 Å². The summed E-state index contributed by atoms with van der Waals surface area (Å²) in [4.78, 5) is 23.2. The number of nitrogens with zero attached hydrogens (tertiary/aromatic N) is 3. The molecule has 0 N–H and O–H groups in total. The van der Waals surface area contributed by atoms with Gasteiger partial charge in [0.1, 0.15) is 5.76 Å². The van der Waals surface area contributed by atoms with Crippen molar-refractivity contribution in [2.75, 3.05) is 13.1 Å². The Hall–Kier alpha value is -2.69. The van der Waals surface area contributed by atoms with Crippen molar-refractivity contribution in [1.29, 1.82) is 0 Å². The predicted octanol–water partition coefficient (Wildman–Crippen LogP) is 4.02. The van der Waals surface area contributed by atoms with Crippen molar-refractivity contribution in [2.45, 2.75) is 32.6 Å². The minimum absolute atomic E-state index is 0.00993. The van der Waals surface area contributed by atoms with Crippen LogP contribution in [0.15, 0.2) is 47.3 Å². The fourth-order valence-corrected chi connectivity index (χ4v) is 3.79. The zero-order chi connectivity index (χ0) is 17.9. The lowest BCUT2D eigenvalue weighted by Gasteiger charge is -2.19. The summed E-state index contributed by atoms with van der Waals surface area (Å²) in [6.45, 7) is 3.35. The Morgan fingerprint density at radius 2 is 2.12 bits per heavy atom. The summed E-state index contributed by atoms with van der Waals surface area (Å²) in [6, 6.07) is 10.5. The Kier molecular flexibility index (Phi) is 4.69. The molecule has 5 nitrogen and oxygen atoms in total. The van der Waals surface area contributed by atoms with Gasteiger partial charge in [0.2, 0.25) is 0 Å². The molecule has 1 atom stereocenters. The van der Waals surface area contributed by atoms with E-state index in [1.807, 2.05) is 23.2 Å². The van der Waals surface area contributed by atoms with Crippen LogP contribution in [0.2, 0.25) is 0 Å². The zero-order valence-electron chi connectivity index (χ0n) is 15.0. The van der Waals surface area contributed by atoms with Crippen LogP contribution in [0.5, 0.6) is 0 Å². The molecule has 1 amide bonds. The highest BCUT2D eigenvalue weighted by Gasteiger charge is 2.24. The smallest absolute Gasteiger partial charge is 0.276 e. The molecule has 4 rings (SSSR count). The monoisotopic (exact) mass is 349 g/mol. The molecule has 134 valence electrons. The van der Waals surface area contributed by atoms with Crippen molar-refractivity contribution >= 4 is 16.8 Å². The number of hydrogen-bond acceptors (Lipinski definition) is 4. The highest BCUT2D eigenvalue weighted by molar-refractivity contribution is 5.93. The maximum Gasteiger partial charge on any atom is 0.276 e. The number of para-hydroxylation sites is 1. The van der Waals surface area contributed by atoms with Crippen molar-refractivity contribution in [3.05, 3.63) is 59.9 Å². The van der Waals surface area contributed by atoms with Gasteiger partial charge in [0.25, 0.3) is 5.91 Å². The largest absolute Gasteiger partial charge is 0.448 e.